The molecular weight excluding hydrogens is 258 g/mol. The van der Waals surface area contributed by atoms with Gasteiger partial charge in [0, 0.05) is 20.2 Å². The van der Waals surface area contributed by atoms with Crippen molar-refractivity contribution in [2.45, 2.75) is 37.6 Å². The van der Waals surface area contributed by atoms with Gasteiger partial charge in [0.1, 0.15) is 0 Å². The van der Waals surface area contributed by atoms with Crippen molar-refractivity contribution in [2.75, 3.05) is 20.2 Å². The number of nitrogens with zero attached hydrogens (tertiary/aromatic N) is 1. The first kappa shape index (κ1) is 13.0. The van der Waals surface area contributed by atoms with Gasteiger partial charge in [0.05, 0.1) is 10.9 Å². The van der Waals surface area contributed by atoms with Crippen LogP contribution in [0.4, 0.5) is 0 Å². The number of ether oxygens (including phenoxy) is 1. The molecule has 0 saturated carbocycles. The van der Waals surface area contributed by atoms with Gasteiger partial charge in [-0.15, -0.1) is 0 Å². The maximum atomic E-state index is 12.0. The Morgan fingerprint density at radius 2 is 1.93 bits per heavy atom. The first-order chi connectivity index (χ1) is 7.06. The Bertz CT molecular complexity index is 213. The number of hydrogen-bond donors (Lipinski definition) is 0. The lowest BCUT2D eigenvalue weighted by atomic mass is 10.1. The highest BCUT2D eigenvalue weighted by Gasteiger charge is 2.28. The smallest absolute Gasteiger partial charge is 0.236 e. The molecule has 3 nitrogen and oxygen atoms in total. The Hall–Kier alpha value is -0.0900. The van der Waals surface area contributed by atoms with Crippen LogP contribution in [-0.4, -0.2) is 41.9 Å². The van der Waals surface area contributed by atoms with Crippen molar-refractivity contribution in [3.8, 4) is 0 Å². The molecule has 1 atom stereocenters. The second-order valence-electron chi connectivity index (χ2n) is 4.41. The van der Waals surface area contributed by atoms with E-state index in [1.807, 2.05) is 4.90 Å². The fourth-order valence-electron chi connectivity index (χ4n) is 1.77. The standard InChI is InChI=1S/C11H20BrNO2/c1-8(2)10(12)11(14)13-6-4-9(15-3)5-7-13/h8-10H,4-7H2,1-3H3. The minimum Gasteiger partial charge on any atom is -0.381 e. The summed E-state index contributed by atoms with van der Waals surface area (Å²) in [7, 11) is 1.74. The molecular formula is C11H20BrNO2. The highest BCUT2D eigenvalue weighted by Crippen LogP contribution is 2.19. The maximum absolute atomic E-state index is 12.0. The summed E-state index contributed by atoms with van der Waals surface area (Å²) in [5.74, 6) is 0.567. The van der Waals surface area contributed by atoms with Crippen LogP contribution in [0.2, 0.25) is 0 Å². The van der Waals surface area contributed by atoms with E-state index < -0.39 is 0 Å². The fraction of sp³-hybridized carbons (Fsp3) is 0.909. The molecule has 1 heterocycles. The summed E-state index contributed by atoms with van der Waals surface area (Å²) in [5, 5.41) is 0. The second-order valence-corrected chi connectivity index (χ2v) is 5.39. The number of alkyl halides is 1. The Kier molecular flexibility index (Phi) is 5.06. The van der Waals surface area contributed by atoms with Gasteiger partial charge in [-0.3, -0.25) is 4.79 Å². The molecule has 88 valence electrons. The summed E-state index contributed by atoms with van der Waals surface area (Å²) in [6.45, 7) is 5.76. The van der Waals surface area contributed by atoms with Crippen LogP contribution in [-0.2, 0) is 9.53 Å². The summed E-state index contributed by atoms with van der Waals surface area (Å²) < 4.78 is 5.28. The van der Waals surface area contributed by atoms with Gasteiger partial charge in [-0.05, 0) is 18.8 Å². The second kappa shape index (κ2) is 5.85. The summed E-state index contributed by atoms with van der Waals surface area (Å²) >= 11 is 3.45. The molecule has 1 aliphatic rings. The quantitative estimate of drug-likeness (QED) is 0.739. The maximum Gasteiger partial charge on any atom is 0.236 e. The third-order valence-corrected chi connectivity index (χ3v) is 4.36. The van der Waals surface area contributed by atoms with Crippen LogP contribution in [0.1, 0.15) is 26.7 Å². The molecule has 1 rings (SSSR count). The molecule has 0 spiro atoms. The average Bonchev–Trinajstić information content (AvgIpc) is 2.27. The highest BCUT2D eigenvalue weighted by molar-refractivity contribution is 9.10. The monoisotopic (exact) mass is 277 g/mol. The van der Waals surface area contributed by atoms with Gasteiger partial charge in [-0.25, -0.2) is 0 Å². The number of carbonyl (C=O) groups excluding carboxylic acids is 1. The van der Waals surface area contributed by atoms with E-state index in [1.54, 1.807) is 7.11 Å². The zero-order chi connectivity index (χ0) is 11.4. The van der Waals surface area contributed by atoms with Gasteiger partial charge in [-0.1, -0.05) is 29.8 Å². The topological polar surface area (TPSA) is 29.5 Å². The molecule has 1 amide bonds. The summed E-state index contributed by atoms with van der Waals surface area (Å²) in [5.41, 5.74) is 0. The van der Waals surface area contributed by atoms with Gasteiger partial charge in [0.25, 0.3) is 0 Å². The molecule has 1 aliphatic heterocycles. The number of methoxy groups -OCH3 is 1. The fourth-order valence-corrected chi connectivity index (χ4v) is 2.06. The average molecular weight is 278 g/mol. The van der Waals surface area contributed by atoms with Crippen LogP contribution in [0, 0.1) is 5.92 Å². The van der Waals surface area contributed by atoms with E-state index in [9.17, 15) is 4.79 Å². The molecule has 0 aromatic heterocycles. The predicted molar refractivity (Wildman–Crippen MR) is 64.2 cm³/mol. The molecule has 0 N–H and O–H groups in total. The van der Waals surface area contributed by atoms with E-state index in [2.05, 4.69) is 29.8 Å². The molecule has 0 bridgehead atoms. The number of carbonyl (C=O) groups is 1. The van der Waals surface area contributed by atoms with Crippen LogP contribution in [0.15, 0.2) is 0 Å². The van der Waals surface area contributed by atoms with Gasteiger partial charge >= 0.3 is 0 Å². The minimum absolute atomic E-state index is 0.0448. The zero-order valence-corrected chi connectivity index (χ0v) is 11.3. The number of likely N-dealkylation sites (tertiary alicyclic amines) is 1. The summed E-state index contributed by atoms with van der Waals surface area (Å²) in [6, 6.07) is 0. The minimum atomic E-state index is -0.0448. The van der Waals surface area contributed by atoms with Crippen molar-refractivity contribution in [1.82, 2.24) is 4.90 Å². The lowest BCUT2D eigenvalue weighted by Crippen LogP contribution is -2.44. The molecule has 0 aromatic rings. The lowest BCUT2D eigenvalue weighted by molar-refractivity contribution is -0.133. The Morgan fingerprint density at radius 3 is 2.33 bits per heavy atom. The molecule has 0 aliphatic carbocycles. The van der Waals surface area contributed by atoms with Gasteiger partial charge in [-0.2, -0.15) is 0 Å². The third kappa shape index (κ3) is 3.45. The van der Waals surface area contributed by atoms with Crippen molar-refractivity contribution in [1.29, 1.82) is 0 Å². The van der Waals surface area contributed by atoms with Crippen molar-refractivity contribution < 1.29 is 9.53 Å². The first-order valence-electron chi connectivity index (χ1n) is 5.52. The number of piperidine rings is 1. The van der Waals surface area contributed by atoms with E-state index in [0.717, 1.165) is 25.9 Å². The predicted octanol–water partition coefficient (Wildman–Crippen LogP) is 2.04. The lowest BCUT2D eigenvalue weighted by Gasteiger charge is -2.33. The molecule has 1 saturated heterocycles. The van der Waals surface area contributed by atoms with Crippen LogP contribution < -0.4 is 0 Å². The number of hydrogen-bond acceptors (Lipinski definition) is 2. The normalized spacial score (nSPS) is 20.7. The third-order valence-electron chi connectivity index (χ3n) is 2.91. The Balaban J connectivity index is 2.42. The molecule has 15 heavy (non-hydrogen) atoms. The van der Waals surface area contributed by atoms with Crippen LogP contribution >= 0.6 is 15.9 Å². The zero-order valence-electron chi connectivity index (χ0n) is 9.70. The number of amides is 1. The SMILES string of the molecule is COC1CCN(C(=O)C(Br)C(C)C)CC1. The van der Waals surface area contributed by atoms with Crippen molar-refractivity contribution >= 4 is 21.8 Å². The summed E-state index contributed by atoms with van der Waals surface area (Å²) in [4.78, 5) is 13.9. The molecule has 4 heteroatoms. The Morgan fingerprint density at radius 1 is 1.40 bits per heavy atom. The van der Waals surface area contributed by atoms with Crippen molar-refractivity contribution in [3.63, 3.8) is 0 Å². The van der Waals surface area contributed by atoms with Gasteiger partial charge in [0.2, 0.25) is 5.91 Å². The summed E-state index contributed by atoms with van der Waals surface area (Å²) in [6.07, 6.45) is 2.25. The van der Waals surface area contributed by atoms with Crippen LogP contribution in [0.3, 0.4) is 0 Å². The van der Waals surface area contributed by atoms with E-state index in [0.29, 0.717) is 12.0 Å². The van der Waals surface area contributed by atoms with Gasteiger partial charge in [0.15, 0.2) is 0 Å². The number of halogens is 1. The van der Waals surface area contributed by atoms with E-state index in [-0.39, 0.29) is 10.7 Å². The molecule has 1 unspecified atom stereocenters. The largest absolute Gasteiger partial charge is 0.381 e. The van der Waals surface area contributed by atoms with E-state index in [4.69, 9.17) is 4.74 Å². The number of rotatable bonds is 3. The molecule has 0 radical (unpaired) electrons. The van der Waals surface area contributed by atoms with E-state index in [1.165, 1.54) is 0 Å². The molecule has 0 aromatic carbocycles. The Labute approximate surface area is 100 Å². The van der Waals surface area contributed by atoms with E-state index >= 15 is 0 Å². The van der Waals surface area contributed by atoms with Crippen molar-refractivity contribution in [3.05, 3.63) is 0 Å². The highest BCUT2D eigenvalue weighted by atomic mass is 79.9. The van der Waals surface area contributed by atoms with Gasteiger partial charge < -0.3 is 9.64 Å². The molecule has 1 fully saturated rings. The van der Waals surface area contributed by atoms with Crippen LogP contribution in [0.5, 0.6) is 0 Å². The first-order valence-corrected chi connectivity index (χ1v) is 6.43. The van der Waals surface area contributed by atoms with Crippen molar-refractivity contribution in [2.24, 2.45) is 5.92 Å². The van der Waals surface area contributed by atoms with Crippen LogP contribution in [0.25, 0.3) is 0 Å².